The summed E-state index contributed by atoms with van der Waals surface area (Å²) in [4.78, 5) is 21.0. The van der Waals surface area contributed by atoms with E-state index in [0.29, 0.717) is 11.5 Å². The molecule has 1 unspecified atom stereocenters. The Bertz CT molecular complexity index is 197. The fraction of sp³-hybridized carbons (Fsp3) is 0.667. The van der Waals surface area contributed by atoms with Crippen molar-refractivity contribution in [2.75, 3.05) is 11.5 Å². The van der Waals surface area contributed by atoms with Gasteiger partial charge in [0, 0.05) is 11.5 Å². The lowest BCUT2D eigenvalue weighted by Crippen LogP contribution is -2.39. The normalized spacial score (nSPS) is 13.7. The first-order valence-corrected chi connectivity index (χ1v) is 6.28. The fourth-order valence-corrected chi connectivity index (χ4v) is 2.68. The van der Waals surface area contributed by atoms with E-state index in [4.69, 9.17) is 22.9 Å². The number of carbonyl (C=O) groups excluding carboxylic acids is 2. The van der Waals surface area contributed by atoms with Gasteiger partial charge >= 0.3 is 0 Å². The quantitative estimate of drug-likeness (QED) is 0.326. The van der Waals surface area contributed by atoms with E-state index in [1.54, 1.807) is 0 Å². The molecule has 0 fully saturated rings. The molecule has 0 saturated heterocycles. The zero-order valence-corrected chi connectivity index (χ0v) is 10.4. The third-order valence-electron chi connectivity index (χ3n) is 1.31. The van der Waals surface area contributed by atoms with Crippen LogP contribution in [0.1, 0.15) is 0 Å². The number of rotatable bonds is 7. The Labute approximate surface area is 102 Å². The SMILES string of the molecule is Cl.NC(=O)C(N)CSSC[C@H](N)C(N)=O. The van der Waals surface area contributed by atoms with Crippen LogP contribution in [0.4, 0.5) is 0 Å². The van der Waals surface area contributed by atoms with E-state index in [-0.39, 0.29) is 12.4 Å². The molecule has 2 amide bonds. The van der Waals surface area contributed by atoms with Crippen LogP contribution in [0.3, 0.4) is 0 Å². The van der Waals surface area contributed by atoms with Crippen molar-refractivity contribution in [2.45, 2.75) is 12.1 Å². The molecule has 0 aliphatic rings. The molecule has 0 aliphatic carbocycles. The average molecular weight is 275 g/mol. The number of halogens is 1. The van der Waals surface area contributed by atoms with E-state index >= 15 is 0 Å². The zero-order chi connectivity index (χ0) is 11.1. The van der Waals surface area contributed by atoms with Gasteiger partial charge in [-0.3, -0.25) is 9.59 Å². The Kier molecular flexibility index (Phi) is 10.5. The largest absolute Gasteiger partial charge is 0.368 e. The van der Waals surface area contributed by atoms with Crippen LogP contribution < -0.4 is 22.9 Å². The predicted molar refractivity (Wildman–Crippen MR) is 66.5 cm³/mol. The summed E-state index contributed by atoms with van der Waals surface area (Å²) >= 11 is 0. The van der Waals surface area contributed by atoms with E-state index in [0.717, 1.165) is 0 Å². The van der Waals surface area contributed by atoms with Crippen molar-refractivity contribution >= 4 is 45.8 Å². The highest BCUT2D eigenvalue weighted by molar-refractivity contribution is 8.76. The van der Waals surface area contributed by atoms with Gasteiger partial charge in [-0.1, -0.05) is 21.6 Å². The van der Waals surface area contributed by atoms with Crippen molar-refractivity contribution in [2.24, 2.45) is 22.9 Å². The summed E-state index contributed by atoms with van der Waals surface area (Å²) in [5.41, 5.74) is 20.6. The Hall–Kier alpha value is -0.150. The van der Waals surface area contributed by atoms with E-state index in [2.05, 4.69) is 0 Å². The third-order valence-corrected chi connectivity index (χ3v) is 3.78. The monoisotopic (exact) mass is 274 g/mol. The van der Waals surface area contributed by atoms with Gasteiger partial charge in [-0.25, -0.2) is 0 Å². The van der Waals surface area contributed by atoms with Crippen molar-refractivity contribution in [1.82, 2.24) is 0 Å². The highest BCUT2D eigenvalue weighted by atomic mass is 35.5. The van der Waals surface area contributed by atoms with Gasteiger partial charge in [0.15, 0.2) is 0 Å². The first-order chi connectivity index (χ1) is 6.45. The summed E-state index contributed by atoms with van der Waals surface area (Å²) in [7, 11) is 2.68. The standard InChI is InChI=1S/C6H14N4O2S2.ClH/c7-3(5(9)11)1-13-14-2-4(8)6(10)12;/h3-4H,1-2,7-8H2,(H2,9,11)(H2,10,12);1H/t3-,4?;/m0./s1. The van der Waals surface area contributed by atoms with Crippen LogP contribution in [0.25, 0.3) is 0 Å². The minimum atomic E-state index is -0.669. The zero-order valence-electron chi connectivity index (χ0n) is 7.92. The average Bonchev–Trinajstić information content (AvgIpc) is 2.11. The van der Waals surface area contributed by atoms with Crippen LogP contribution in [-0.2, 0) is 9.59 Å². The van der Waals surface area contributed by atoms with Crippen LogP contribution in [0.5, 0.6) is 0 Å². The van der Waals surface area contributed by atoms with Crippen LogP contribution in [0.15, 0.2) is 0 Å². The van der Waals surface area contributed by atoms with Gasteiger partial charge in [-0.15, -0.1) is 12.4 Å². The molecule has 0 rings (SSSR count). The molecule has 0 aromatic carbocycles. The maximum absolute atomic E-state index is 10.5. The van der Waals surface area contributed by atoms with Crippen LogP contribution in [0, 0.1) is 0 Å². The topological polar surface area (TPSA) is 138 Å². The van der Waals surface area contributed by atoms with Crippen molar-refractivity contribution in [3.63, 3.8) is 0 Å². The molecule has 15 heavy (non-hydrogen) atoms. The maximum Gasteiger partial charge on any atom is 0.235 e. The molecule has 90 valence electrons. The van der Waals surface area contributed by atoms with Crippen molar-refractivity contribution in [3.05, 3.63) is 0 Å². The molecular formula is C6H15ClN4O2S2. The first kappa shape index (κ1) is 17.3. The molecule has 0 bridgehead atoms. The van der Waals surface area contributed by atoms with Gasteiger partial charge < -0.3 is 22.9 Å². The number of nitrogens with two attached hydrogens (primary N) is 4. The molecule has 0 aromatic rings. The molecule has 8 N–H and O–H groups in total. The lowest BCUT2D eigenvalue weighted by molar-refractivity contribution is -0.119. The lowest BCUT2D eigenvalue weighted by Gasteiger charge is -2.08. The fourth-order valence-electron chi connectivity index (χ4n) is 0.407. The van der Waals surface area contributed by atoms with Crippen molar-refractivity contribution in [3.8, 4) is 0 Å². The first-order valence-electron chi connectivity index (χ1n) is 3.79. The van der Waals surface area contributed by atoms with Gasteiger partial charge in [0.1, 0.15) is 0 Å². The molecular weight excluding hydrogens is 260 g/mol. The highest BCUT2D eigenvalue weighted by Crippen LogP contribution is 2.21. The summed E-state index contributed by atoms with van der Waals surface area (Å²) < 4.78 is 0. The summed E-state index contributed by atoms with van der Waals surface area (Å²) in [5, 5.41) is 0. The number of hydrogen-bond acceptors (Lipinski definition) is 6. The number of hydrogen-bond donors (Lipinski definition) is 4. The molecule has 2 atom stereocenters. The Morgan fingerprint density at radius 2 is 1.20 bits per heavy atom. The smallest absolute Gasteiger partial charge is 0.235 e. The van der Waals surface area contributed by atoms with Gasteiger partial charge in [-0.05, 0) is 0 Å². The highest BCUT2D eigenvalue weighted by Gasteiger charge is 2.11. The van der Waals surface area contributed by atoms with Crippen LogP contribution in [0.2, 0.25) is 0 Å². The van der Waals surface area contributed by atoms with Gasteiger partial charge in [0.25, 0.3) is 0 Å². The van der Waals surface area contributed by atoms with Gasteiger partial charge in [0.2, 0.25) is 11.8 Å². The van der Waals surface area contributed by atoms with E-state index in [1.807, 2.05) is 0 Å². The second-order valence-corrected chi connectivity index (χ2v) is 5.14. The van der Waals surface area contributed by atoms with Crippen LogP contribution >= 0.6 is 34.0 Å². The summed E-state index contributed by atoms with van der Waals surface area (Å²) in [5.74, 6) is -0.300. The summed E-state index contributed by atoms with van der Waals surface area (Å²) in [6, 6.07) is -1.34. The molecule has 9 heteroatoms. The van der Waals surface area contributed by atoms with Crippen molar-refractivity contribution < 1.29 is 9.59 Å². The summed E-state index contributed by atoms with van der Waals surface area (Å²) in [6.45, 7) is 0. The molecule has 0 spiro atoms. The number of carbonyl (C=O) groups is 2. The van der Waals surface area contributed by atoms with Gasteiger partial charge in [0.05, 0.1) is 12.1 Å². The van der Waals surface area contributed by atoms with Gasteiger partial charge in [-0.2, -0.15) is 0 Å². The maximum atomic E-state index is 10.5. The second-order valence-electron chi connectivity index (χ2n) is 2.59. The Morgan fingerprint density at radius 3 is 1.40 bits per heavy atom. The minimum absolute atomic E-state index is 0. The van der Waals surface area contributed by atoms with E-state index in [1.165, 1.54) is 21.6 Å². The second kappa shape index (κ2) is 9.10. The molecule has 0 aromatic heterocycles. The van der Waals surface area contributed by atoms with E-state index in [9.17, 15) is 9.59 Å². The third kappa shape index (κ3) is 8.82. The molecule has 6 nitrogen and oxygen atoms in total. The predicted octanol–water partition coefficient (Wildman–Crippen LogP) is -1.59. The number of primary amides is 2. The lowest BCUT2D eigenvalue weighted by atomic mass is 10.3. The summed E-state index contributed by atoms with van der Waals surface area (Å²) in [6.07, 6.45) is 0. The van der Waals surface area contributed by atoms with E-state index < -0.39 is 23.9 Å². The molecule has 0 aliphatic heterocycles. The minimum Gasteiger partial charge on any atom is -0.368 e. The Morgan fingerprint density at radius 1 is 0.933 bits per heavy atom. The Balaban J connectivity index is 0. The molecule has 0 radical (unpaired) electrons. The molecule has 0 heterocycles. The molecule has 0 saturated carbocycles. The number of amides is 2. The van der Waals surface area contributed by atoms with Crippen LogP contribution in [-0.4, -0.2) is 35.4 Å². The van der Waals surface area contributed by atoms with Crippen molar-refractivity contribution in [1.29, 1.82) is 0 Å².